The third-order valence-electron chi connectivity index (χ3n) is 5.61. The Morgan fingerprint density at radius 3 is 2.55 bits per heavy atom. The van der Waals surface area contributed by atoms with Gasteiger partial charge in [0.1, 0.15) is 0 Å². The molecule has 0 unspecified atom stereocenters. The molecule has 3 rings (SSSR count). The highest BCUT2D eigenvalue weighted by molar-refractivity contribution is 6.04. The van der Waals surface area contributed by atoms with Crippen LogP contribution in [0.3, 0.4) is 0 Å². The number of anilines is 3. The van der Waals surface area contributed by atoms with E-state index in [-0.39, 0.29) is 11.9 Å². The van der Waals surface area contributed by atoms with Crippen LogP contribution in [-0.2, 0) is 4.74 Å². The van der Waals surface area contributed by atoms with Gasteiger partial charge in [-0.1, -0.05) is 25.1 Å². The van der Waals surface area contributed by atoms with Crippen molar-refractivity contribution in [1.29, 1.82) is 0 Å². The van der Waals surface area contributed by atoms with Crippen molar-refractivity contribution >= 4 is 29.0 Å². The molecule has 1 fully saturated rings. The van der Waals surface area contributed by atoms with Crippen LogP contribution in [0.1, 0.15) is 35.7 Å². The van der Waals surface area contributed by atoms with Gasteiger partial charge in [0.05, 0.1) is 12.2 Å². The van der Waals surface area contributed by atoms with Crippen molar-refractivity contribution in [1.82, 2.24) is 5.32 Å². The summed E-state index contributed by atoms with van der Waals surface area (Å²) >= 11 is 0. The summed E-state index contributed by atoms with van der Waals surface area (Å²) in [5, 5.41) is 8.60. The Labute approximate surface area is 184 Å². The number of ether oxygens (including phenoxy) is 1. The summed E-state index contributed by atoms with van der Waals surface area (Å²) in [5.41, 5.74) is 3.74. The molecule has 0 spiro atoms. The fourth-order valence-corrected chi connectivity index (χ4v) is 3.68. The highest BCUT2D eigenvalue weighted by Gasteiger charge is 2.22. The highest BCUT2D eigenvalue weighted by atomic mass is 16.5. The van der Waals surface area contributed by atoms with Crippen molar-refractivity contribution in [3.8, 4) is 0 Å². The summed E-state index contributed by atoms with van der Waals surface area (Å²) in [6.45, 7) is 6.90. The molecule has 1 saturated heterocycles. The Morgan fingerprint density at radius 2 is 1.84 bits per heavy atom. The van der Waals surface area contributed by atoms with Gasteiger partial charge in [0.25, 0.3) is 5.91 Å². The van der Waals surface area contributed by atoms with Crippen LogP contribution in [0.15, 0.2) is 42.5 Å². The second-order valence-corrected chi connectivity index (χ2v) is 8.04. The maximum atomic E-state index is 12.9. The molecule has 7 heteroatoms. The fourth-order valence-electron chi connectivity index (χ4n) is 3.68. The monoisotopic (exact) mass is 424 g/mol. The number of para-hydroxylation sites is 1. The Bertz CT molecular complexity index is 907. The summed E-state index contributed by atoms with van der Waals surface area (Å²) < 4.78 is 5.04. The summed E-state index contributed by atoms with van der Waals surface area (Å²) in [4.78, 5) is 27.7. The molecule has 2 aromatic rings. The number of hydrogen-bond acceptors (Lipinski definition) is 4. The van der Waals surface area contributed by atoms with Crippen LogP contribution < -0.4 is 20.9 Å². The molecule has 3 N–H and O–H groups in total. The molecule has 0 radical (unpaired) electrons. The van der Waals surface area contributed by atoms with E-state index in [9.17, 15) is 9.59 Å². The molecule has 1 aliphatic heterocycles. The number of benzene rings is 2. The maximum absolute atomic E-state index is 12.9. The van der Waals surface area contributed by atoms with Gasteiger partial charge in [-0.25, -0.2) is 4.79 Å². The van der Waals surface area contributed by atoms with E-state index in [0.717, 1.165) is 42.9 Å². The second kappa shape index (κ2) is 10.8. The molecular formula is C24H32N4O3. The van der Waals surface area contributed by atoms with Gasteiger partial charge < -0.3 is 25.6 Å². The van der Waals surface area contributed by atoms with Crippen molar-refractivity contribution in [2.45, 2.75) is 26.7 Å². The van der Waals surface area contributed by atoms with Gasteiger partial charge in [0.15, 0.2) is 0 Å². The van der Waals surface area contributed by atoms with E-state index in [1.54, 1.807) is 13.2 Å². The second-order valence-electron chi connectivity index (χ2n) is 8.04. The molecule has 1 aliphatic rings. The predicted molar refractivity (Wildman–Crippen MR) is 125 cm³/mol. The van der Waals surface area contributed by atoms with Crippen molar-refractivity contribution in [2.75, 3.05) is 48.9 Å². The Balaban J connectivity index is 1.77. The van der Waals surface area contributed by atoms with E-state index < -0.39 is 0 Å². The summed E-state index contributed by atoms with van der Waals surface area (Å²) in [6, 6.07) is 12.7. The number of nitrogens with zero attached hydrogens (tertiary/aromatic N) is 1. The van der Waals surface area contributed by atoms with E-state index in [1.165, 1.54) is 0 Å². The van der Waals surface area contributed by atoms with Crippen molar-refractivity contribution in [2.24, 2.45) is 5.92 Å². The molecule has 0 atom stereocenters. The number of aryl methyl sites for hydroxylation is 1. The van der Waals surface area contributed by atoms with Gasteiger partial charge >= 0.3 is 6.03 Å². The summed E-state index contributed by atoms with van der Waals surface area (Å²) in [6.07, 6.45) is 2.20. The molecule has 3 amide bonds. The number of carbonyl (C=O) groups is 2. The first-order valence-corrected chi connectivity index (χ1v) is 10.8. The lowest BCUT2D eigenvalue weighted by molar-refractivity contribution is 0.0937. The van der Waals surface area contributed by atoms with E-state index in [0.29, 0.717) is 30.3 Å². The van der Waals surface area contributed by atoms with Crippen LogP contribution in [-0.4, -0.2) is 45.3 Å². The predicted octanol–water partition coefficient (Wildman–Crippen LogP) is 4.25. The van der Waals surface area contributed by atoms with Gasteiger partial charge in [0, 0.05) is 43.8 Å². The standard InChI is InChI=1S/C24H32N4O3/c1-17-10-13-28(14-11-17)22-9-8-19(16-20(22)23(29)25-12-15-31-3)26-24(30)27-21-7-5-4-6-18(21)2/h4-9,16-17H,10-15H2,1-3H3,(H,25,29)(H2,26,27,30). The minimum absolute atomic E-state index is 0.173. The maximum Gasteiger partial charge on any atom is 0.323 e. The van der Waals surface area contributed by atoms with Crippen molar-refractivity contribution in [3.63, 3.8) is 0 Å². The average molecular weight is 425 g/mol. The molecule has 0 aromatic heterocycles. The number of rotatable bonds is 7. The minimum atomic E-state index is -0.348. The fraction of sp³-hybridized carbons (Fsp3) is 0.417. The van der Waals surface area contributed by atoms with Gasteiger partial charge in [-0.15, -0.1) is 0 Å². The van der Waals surface area contributed by atoms with Gasteiger partial charge in [0.2, 0.25) is 0 Å². The first-order chi connectivity index (χ1) is 15.0. The van der Waals surface area contributed by atoms with Crippen LogP contribution in [0.5, 0.6) is 0 Å². The van der Waals surface area contributed by atoms with E-state index in [1.807, 2.05) is 43.3 Å². The lowest BCUT2D eigenvalue weighted by Gasteiger charge is -2.33. The zero-order valence-electron chi connectivity index (χ0n) is 18.5. The topological polar surface area (TPSA) is 82.7 Å². The number of amides is 3. The normalized spacial score (nSPS) is 14.2. The zero-order valence-corrected chi connectivity index (χ0v) is 18.5. The Morgan fingerprint density at radius 1 is 1.10 bits per heavy atom. The average Bonchev–Trinajstić information content (AvgIpc) is 2.76. The molecule has 0 saturated carbocycles. The third kappa shape index (κ3) is 6.21. The molecule has 0 bridgehead atoms. The van der Waals surface area contributed by atoms with Crippen LogP contribution in [0.25, 0.3) is 0 Å². The van der Waals surface area contributed by atoms with E-state index in [4.69, 9.17) is 4.74 Å². The molecular weight excluding hydrogens is 392 g/mol. The van der Waals surface area contributed by atoms with Crippen molar-refractivity contribution < 1.29 is 14.3 Å². The number of carbonyl (C=O) groups excluding carboxylic acids is 2. The first-order valence-electron chi connectivity index (χ1n) is 10.8. The van der Waals surface area contributed by atoms with Crippen LogP contribution in [0, 0.1) is 12.8 Å². The number of nitrogens with one attached hydrogen (secondary N) is 3. The Kier molecular flexibility index (Phi) is 7.89. The number of piperidine rings is 1. The van der Waals surface area contributed by atoms with Gasteiger partial charge in [-0.2, -0.15) is 0 Å². The number of methoxy groups -OCH3 is 1. The molecule has 166 valence electrons. The SMILES string of the molecule is COCCNC(=O)c1cc(NC(=O)Nc2ccccc2C)ccc1N1CCC(C)CC1. The first kappa shape index (κ1) is 22.6. The van der Waals surface area contributed by atoms with Crippen molar-refractivity contribution in [3.05, 3.63) is 53.6 Å². The summed E-state index contributed by atoms with van der Waals surface area (Å²) in [7, 11) is 1.60. The lowest BCUT2D eigenvalue weighted by atomic mass is 9.98. The summed E-state index contributed by atoms with van der Waals surface area (Å²) in [5.74, 6) is 0.523. The van der Waals surface area contributed by atoms with E-state index >= 15 is 0 Å². The minimum Gasteiger partial charge on any atom is -0.383 e. The van der Waals surface area contributed by atoms with Crippen LogP contribution in [0.2, 0.25) is 0 Å². The molecule has 1 heterocycles. The zero-order chi connectivity index (χ0) is 22.2. The third-order valence-corrected chi connectivity index (χ3v) is 5.61. The lowest BCUT2D eigenvalue weighted by Crippen LogP contribution is -2.35. The van der Waals surface area contributed by atoms with Crippen LogP contribution in [0.4, 0.5) is 21.9 Å². The number of urea groups is 1. The quantitative estimate of drug-likeness (QED) is 0.580. The smallest absolute Gasteiger partial charge is 0.323 e. The van der Waals surface area contributed by atoms with E-state index in [2.05, 4.69) is 27.8 Å². The van der Waals surface area contributed by atoms with Gasteiger partial charge in [-0.3, -0.25) is 4.79 Å². The molecule has 31 heavy (non-hydrogen) atoms. The Hall–Kier alpha value is -3.06. The largest absolute Gasteiger partial charge is 0.383 e. The molecule has 7 nitrogen and oxygen atoms in total. The number of hydrogen-bond donors (Lipinski definition) is 3. The van der Waals surface area contributed by atoms with Gasteiger partial charge in [-0.05, 0) is 55.5 Å². The molecule has 2 aromatic carbocycles. The van der Waals surface area contributed by atoms with Crippen LogP contribution >= 0.6 is 0 Å². The highest BCUT2D eigenvalue weighted by Crippen LogP contribution is 2.29. The molecule has 0 aliphatic carbocycles.